The Labute approximate surface area is 147 Å². The Kier molecular flexibility index (Phi) is 4.53. The molecule has 3 rings (SSSR count). The van der Waals surface area contributed by atoms with Crippen molar-refractivity contribution >= 4 is 29.3 Å². The molecule has 0 saturated carbocycles. The van der Waals surface area contributed by atoms with Crippen LogP contribution in [-0.2, 0) is 9.57 Å². The number of carbonyl (C=O) groups excluding carboxylic acids is 1. The van der Waals surface area contributed by atoms with Gasteiger partial charge in [-0.05, 0) is 0 Å². The van der Waals surface area contributed by atoms with Gasteiger partial charge in [-0.1, -0.05) is 5.16 Å². The van der Waals surface area contributed by atoms with E-state index in [-0.39, 0.29) is 31.0 Å². The van der Waals surface area contributed by atoms with Crippen LogP contribution in [0.2, 0.25) is 0 Å². The summed E-state index contributed by atoms with van der Waals surface area (Å²) < 4.78 is 33.8. The van der Waals surface area contributed by atoms with E-state index < -0.39 is 30.0 Å². The van der Waals surface area contributed by atoms with Gasteiger partial charge in [0.25, 0.3) is 0 Å². The van der Waals surface area contributed by atoms with E-state index in [1.807, 2.05) is 0 Å². The van der Waals surface area contributed by atoms with Crippen molar-refractivity contribution in [2.75, 3.05) is 43.6 Å². The molecule has 26 heavy (non-hydrogen) atoms. The quantitative estimate of drug-likeness (QED) is 0.811. The first-order valence-corrected chi connectivity index (χ1v) is 7.58. The lowest BCUT2D eigenvalue weighted by molar-refractivity contribution is 0.0415. The smallest absolute Gasteiger partial charge is 0.416 e. The highest BCUT2D eigenvalue weighted by molar-refractivity contribution is 5.99. The van der Waals surface area contributed by atoms with Crippen molar-refractivity contribution in [3.8, 4) is 0 Å². The highest BCUT2D eigenvalue weighted by Gasteiger charge is 2.38. The van der Waals surface area contributed by atoms with Crippen LogP contribution in [-0.4, -0.2) is 67.9 Å². The predicted octanol–water partition coefficient (Wildman–Crippen LogP) is 1.68. The van der Waals surface area contributed by atoms with E-state index in [0.29, 0.717) is 5.71 Å². The van der Waals surface area contributed by atoms with Gasteiger partial charge >= 0.3 is 12.2 Å². The van der Waals surface area contributed by atoms with E-state index in [2.05, 4.69) is 9.99 Å². The molecule has 1 atom stereocenters. The van der Waals surface area contributed by atoms with Crippen molar-refractivity contribution < 1.29 is 33.1 Å². The Morgan fingerprint density at radius 2 is 2.00 bits per heavy atom. The third kappa shape index (κ3) is 3.07. The molecule has 0 radical (unpaired) electrons. The molecule has 2 aliphatic rings. The van der Waals surface area contributed by atoms with Crippen LogP contribution >= 0.6 is 0 Å². The third-order valence-electron chi connectivity index (χ3n) is 4.13. The molecule has 2 amide bonds. The number of likely N-dealkylation sites (N-methyl/N-ethyl adjacent to an activating group) is 1. The molecule has 2 aliphatic heterocycles. The summed E-state index contributed by atoms with van der Waals surface area (Å²) >= 11 is 0. The number of rotatable bonds is 4. The Morgan fingerprint density at radius 1 is 1.38 bits per heavy atom. The minimum absolute atomic E-state index is 0.0543. The molecule has 1 aromatic carbocycles. The molecule has 1 N–H and O–H groups in total. The van der Waals surface area contributed by atoms with Crippen LogP contribution in [0.3, 0.4) is 0 Å². The summed E-state index contributed by atoms with van der Waals surface area (Å²) in [7, 11) is 2.62. The Balaban J connectivity index is 1.79. The van der Waals surface area contributed by atoms with Gasteiger partial charge in [-0.25, -0.2) is 18.4 Å². The van der Waals surface area contributed by atoms with Crippen LogP contribution in [0.5, 0.6) is 0 Å². The molecular formula is C15H16F2N4O5. The first-order chi connectivity index (χ1) is 12.3. The van der Waals surface area contributed by atoms with Crippen LogP contribution in [0.15, 0.2) is 17.3 Å². The van der Waals surface area contributed by atoms with Crippen LogP contribution in [0, 0.1) is 11.6 Å². The number of benzene rings is 1. The first kappa shape index (κ1) is 17.7. The SMILES string of the molecule is CON=C1CN(c2c(F)cc(N3C[C@@H](N(C)C(=O)O)OC3=O)cc2F)C1. The van der Waals surface area contributed by atoms with E-state index in [0.717, 1.165) is 21.9 Å². The molecule has 0 spiro atoms. The molecule has 140 valence electrons. The standard InChI is InChI=1S/C15H16F2N4O5/c1-19(14(22)23)12-7-21(15(24)26-12)9-3-10(16)13(11(17)4-9)20-5-8(6-20)18-25-2/h3-4,12H,5-7H2,1-2H3,(H,22,23)/t12-/m0/s1. The number of carboxylic acid groups (broad SMARTS) is 1. The molecule has 9 nitrogen and oxygen atoms in total. The number of hydrogen-bond acceptors (Lipinski definition) is 6. The lowest BCUT2D eigenvalue weighted by Crippen LogP contribution is -2.48. The number of amides is 2. The normalized spacial score (nSPS) is 19.2. The predicted molar refractivity (Wildman–Crippen MR) is 86.4 cm³/mol. The highest BCUT2D eigenvalue weighted by atomic mass is 19.1. The molecule has 2 heterocycles. The Morgan fingerprint density at radius 3 is 2.54 bits per heavy atom. The summed E-state index contributed by atoms with van der Waals surface area (Å²) in [6.07, 6.45) is -3.23. The first-order valence-electron chi connectivity index (χ1n) is 7.58. The van der Waals surface area contributed by atoms with Gasteiger partial charge in [-0.3, -0.25) is 9.80 Å². The van der Waals surface area contributed by atoms with E-state index in [1.165, 1.54) is 19.1 Å². The van der Waals surface area contributed by atoms with Gasteiger partial charge in [0.1, 0.15) is 12.8 Å². The van der Waals surface area contributed by atoms with Gasteiger partial charge < -0.3 is 19.6 Å². The maximum Gasteiger partial charge on any atom is 0.416 e. The minimum atomic E-state index is -1.29. The number of halogens is 2. The average Bonchev–Trinajstić information content (AvgIpc) is 2.92. The minimum Gasteiger partial charge on any atom is -0.465 e. The number of cyclic esters (lactones) is 1. The van der Waals surface area contributed by atoms with Gasteiger partial charge in [-0.15, -0.1) is 0 Å². The average molecular weight is 370 g/mol. The van der Waals surface area contributed by atoms with E-state index in [1.54, 1.807) is 0 Å². The molecule has 2 fully saturated rings. The number of hydrogen-bond donors (Lipinski definition) is 1. The number of carbonyl (C=O) groups is 2. The van der Waals surface area contributed by atoms with Crippen molar-refractivity contribution in [3.05, 3.63) is 23.8 Å². The highest BCUT2D eigenvalue weighted by Crippen LogP contribution is 2.32. The van der Waals surface area contributed by atoms with E-state index >= 15 is 0 Å². The zero-order chi connectivity index (χ0) is 19.0. The summed E-state index contributed by atoms with van der Waals surface area (Å²) in [6, 6.07) is 2.02. The Hall–Kier alpha value is -3.11. The topological polar surface area (TPSA) is 94.9 Å². The molecule has 11 heteroatoms. The third-order valence-corrected chi connectivity index (χ3v) is 4.13. The largest absolute Gasteiger partial charge is 0.465 e. The van der Waals surface area contributed by atoms with E-state index in [9.17, 15) is 18.4 Å². The fourth-order valence-electron chi connectivity index (χ4n) is 2.73. The number of nitrogens with zero attached hydrogens (tertiary/aromatic N) is 4. The van der Waals surface area contributed by atoms with Gasteiger partial charge in [0, 0.05) is 19.2 Å². The van der Waals surface area contributed by atoms with Crippen molar-refractivity contribution in [1.29, 1.82) is 0 Å². The van der Waals surface area contributed by atoms with Crippen molar-refractivity contribution in [1.82, 2.24) is 4.90 Å². The fourth-order valence-corrected chi connectivity index (χ4v) is 2.73. The molecule has 2 saturated heterocycles. The monoisotopic (exact) mass is 370 g/mol. The zero-order valence-electron chi connectivity index (χ0n) is 14.0. The van der Waals surface area contributed by atoms with Crippen LogP contribution in [0.1, 0.15) is 0 Å². The number of ether oxygens (including phenoxy) is 1. The summed E-state index contributed by atoms with van der Waals surface area (Å²) in [6.45, 7) is 0.296. The maximum atomic E-state index is 14.4. The molecule has 0 bridgehead atoms. The second kappa shape index (κ2) is 6.65. The number of oxime groups is 1. The van der Waals surface area contributed by atoms with Crippen LogP contribution in [0.25, 0.3) is 0 Å². The van der Waals surface area contributed by atoms with Gasteiger partial charge in [0.05, 0.1) is 31.0 Å². The summed E-state index contributed by atoms with van der Waals surface area (Å²) in [5.41, 5.74) is 0.370. The van der Waals surface area contributed by atoms with Crippen LogP contribution in [0.4, 0.5) is 29.7 Å². The second-order valence-corrected chi connectivity index (χ2v) is 5.80. The fraction of sp³-hybridized carbons (Fsp3) is 0.400. The second-order valence-electron chi connectivity index (χ2n) is 5.80. The lowest BCUT2D eigenvalue weighted by Gasteiger charge is -2.34. The maximum absolute atomic E-state index is 14.4. The molecular weight excluding hydrogens is 354 g/mol. The molecule has 0 aliphatic carbocycles. The van der Waals surface area contributed by atoms with Gasteiger partial charge in [0.15, 0.2) is 17.9 Å². The summed E-state index contributed by atoms with van der Waals surface area (Å²) in [5, 5.41) is 12.6. The van der Waals surface area contributed by atoms with Crippen molar-refractivity contribution in [2.45, 2.75) is 6.23 Å². The van der Waals surface area contributed by atoms with Crippen molar-refractivity contribution in [2.24, 2.45) is 5.16 Å². The van der Waals surface area contributed by atoms with Gasteiger partial charge in [-0.2, -0.15) is 0 Å². The Bertz CT molecular complexity index is 756. The molecule has 0 aromatic heterocycles. The summed E-state index contributed by atoms with van der Waals surface area (Å²) in [5.74, 6) is -1.70. The number of anilines is 2. The lowest BCUT2D eigenvalue weighted by atomic mass is 10.1. The van der Waals surface area contributed by atoms with Crippen molar-refractivity contribution in [3.63, 3.8) is 0 Å². The summed E-state index contributed by atoms with van der Waals surface area (Å²) in [4.78, 5) is 30.7. The molecule has 0 unspecified atom stereocenters. The van der Waals surface area contributed by atoms with Crippen LogP contribution < -0.4 is 9.80 Å². The zero-order valence-corrected chi connectivity index (χ0v) is 14.0. The molecule has 1 aromatic rings. The van der Waals surface area contributed by atoms with Gasteiger partial charge in [0.2, 0.25) is 0 Å². The van der Waals surface area contributed by atoms with E-state index in [4.69, 9.17) is 9.84 Å².